The average molecular weight is 368 g/mol. The first-order chi connectivity index (χ1) is 13.1. The highest BCUT2D eigenvalue weighted by atomic mass is 16.7. The summed E-state index contributed by atoms with van der Waals surface area (Å²) in [5.74, 6) is -1.26. The molecule has 1 fully saturated rings. The Morgan fingerprint density at radius 1 is 1.30 bits per heavy atom. The molecule has 1 aromatic heterocycles. The number of rotatable bonds is 2. The number of benzene rings is 1. The summed E-state index contributed by atoms with van der Waals surface area (Å²) in [6, 6.07) is 3.96. The number of furan rings is 1. The maximum atomic E-state index is 13.3. The van der Waals surface area contributed by atoms with Crippen molar-refractivity contribution in [2.24, 2.45) is 0 Å². The Kier molecular flexibility index (Phi) is 3.58. The summed E-state index contributed by atoms with van der Waals surface area (Å²) in [4.78, 5) is 25.6. The summed E-state index contributed by atoms with van der Waals surface area (Å²) in [5, 5.41) is 0. The maximum absolute atomic E-state index is 13.3. The van der Waals surface area contributed by atoms with E-state index in [1.807, 2.05) is 19.1 Å². The van der Waals surface area contributed by atoms with E-state index in [0.717, 1.165) is 23.1 Å². The Hall–Kier alpha value is -2.44. The van der Waals surface area contributed by atoms with Crippen LogP contribution in [0.3, 0.4) is 0 Å². The molecule has 6 nitrogen and oxygen atoms in total. The number of esters is 1. The molecule has 1 spiro atoms. The van der Waals surface area contributed by atoms with Gasteiger partial charge in [-0.1, -0.05) is 19.1 Å². The lowest BCUT2D eigenvalue weighted by molar-refractivity contribution is -0.163. The fourth-order valence-corrected chi connectivity index (χ4v) is 4.70. The van der Waals surface area contributed by atoms with E-state index in [9.17, 15) is 9.59 Å². The molecule has 0 saturated carbocycles. The molecule has 0 N–H and O–H groups in total. The van der Waals surface area contributed by atoms with Gasteiger partial charge in [-0.25, -0.2) is 4.79 Å². The smallest absolute Gasteiger partial charge is 0.341 e. The van der Waals surface area contributed by atoms with Crippen molar-refractivity contribution < 1.29 is 28.2 Å². The first kappa shape index (κ1) is 16.7. The van der Waals surface area contributed by atoms with Crippen LogP contribution in [0.25, 0.3) is 0 Å². The highest BCUT2D eigenvalue weighted by molar-refractivity contribution is 6.13. The number of ketones is 1. The molecule has 0 radical (unpaired) electrons. The molecule has 1 saturated heterocycles. The van der Waals surface area contributed by atoms with E-state index >= 15 is 0 Å². The highest BCUT2D eigenvalue weighted by Crippen LogP contribution is 2.49. The van der Waals surface area contributed by atoms with Crippen LogP contribution in [0.4, 0.5) is 0 Å². The van der Waals surface area contributed by atoms with Crippen LogP contribution in [0.2, 0.25) is 0 Å². The van der Waals surface area contributed by atoms with Crippen LogP contribution >= 0.6 is 0 Å². The van der Waals surface area contributed by atoms with Crippen LogP contribution in [0, 0.1) is 0 Å². The zero-order valence-electron chi connectivity index (χ0n) is 15.3. The molecule has 1 atom stereocenters. The van der Waals surface area contributed by atoms with Crippen molar-refractivity contribution in [3.8, 4) is 0 Å². The molecule has 1 aromatic carbocycles. The lowest BCUT2D eigenvalue weighted by Crippen LogP contribution is -2.25. The second-order valence-electron chi connectivity index (χ2n) is 7.17. The zero-order chi connectivity index (χ0) is 18.8. The van der Waals surface area contributed by atoms with Gasteiger partial charge in [0.15, 0.2) is 11.5 Å². The molecule has 2 aromatic rings. The van der Waals surface area contributed by atoms with Gasteiger partial charge in [-0.05, 0) is 24.5 Å². The Morgan fingerprint density at radius 2 is 2.07 bits per heavy atom. The number of hydrogen-bond acceptors (Lipinski definition) is 6. The van der Waals surface area contributed by atoms with Crippen molar-refractivity contribution in [3.05, 3.63) is 57.5 Å². The minimum Gasteiger partial charge on any atom is -0.462 e. The summed E-state index contributed by atoms with van der Waals surface area (Å²) >= 11 is 0. The monoisotopic (exact) mass is 368 g/mol. The van der Waals surface area contributed by atoms with Crippen LogP contribution < -0.4 is 0 Å². The fraction of sp³-hybridized carbons (Fsp3) is 0.429. The highest BCUT2D eigenvalue weighted by Gasteiger charge is 2.47. The van der Waals surface area contributed by atoms with Crippen molar-refractivity contribution in [2.75, 3.05) is 19.8 Å². The first-order valence-electron chi connectivity index (χ1n) is 9.34. The largest absolute Gasteiger partial charge is 0.462 e. The van der Waals surface area contributed by atoms with Gasteiger partial charge >= 0.3 is 5.97 Å². The van der Waals surface area contributed by atoms with Gasteiger partial charge in [-0.2, -0.15) is 0 Å². The van der Waals surface area contributed by atoms with Gasteiger partial charge in [0.1, 0.15) is 11.8 Å². The topological polar surface area (TPSA) is 75.0 Å². The van der Waals surface area contributed by atoms with Gasteiger partial charge in [0.05, 0.1) is 19.8 Å². The third kappa shape index (κ3) is 2.14. The Balaban J connectivity index is 1.65. The molecule has 0 amide bonds. The molecule has 3 aliphatic rings. The molecule has 140 valence electrons. The van der Waals surface area contributed by atoms with Crippen molar-refractivity contribution >= 4 is 11.8 Å². The molecular weight excluding hydrogens is 348 g/mol. The van der Waals surface area contributed by atoms with E-state index in [-0.39, 0.29) is 24.1 Å². The first-order valence-corrected chi connectivity index (χ1v) is 9.34. The van der Waals surface area contributed by atoms with Crippen LogP contribution in [0.15, 0.2) is 22.8 Å². The van der Waals surface area contributed by atoms with Gasteiger partial charge in [0, 0.05) is 29.0 Å². The number of fused-ring (bicyclic) bond motifs is 5. The predicted octanol–water partition coefficient (Wildman–Crippen LogP) is 3.30. The minimum absolute atomic E-state index is 0.141. The van der Waals surface area contributed by atoms with Crippen LogP contribution in [0.1, 0.15) is 74.9 Å². The summed E-state index contributed by atoms with van der Waals surface area (Å²) in [7, 11) is 0. The maximum Gasteiger partial charge on any atom is 0.341 e. The van der Waals surface area contributed by atoms with Gasteiger partial charge in [0.2, 0.25) is 5.78 Å². The molecule has 1 aliphatic heterocycles. The Morgan fingerprint density at radius 3 is 2.81 bits per heavy atom. The number of hydrogen-bond donors (Lipinski definition) is 0. The fourth-order valence-electron chi connectivity index (χ4n) is 4.70. The SMILES string of the molecule is CCOC(=O)c1coc2c1C(C)c1ccc3c(c1C2=O)CCC31OCCO1. The van der Waals surface area contributed by atoms with Crippen molar-refractivity contribution in [1.29, 1.82) is 0 Å². The molecular formula is C21H20O6. The lowest BCUT2D eigenvalue weighted by atomic mass is 9.77. The van der Waals surface area contributed by atoms with Crippen LogP contribution in [0.5, 0.6) is 0 Å². The van der Waals surface area contributed by atoms with E-state index < -0.39 is 11.8 Å². The molecule has 5 rings (SSSR count). The van der Waals surface area contributed by atoms with Gasteiger partial charge < -0.3 is 18.6 Å². The predicted molar refractivity (Wildman–Crippen MR) is 94.0 cm³/mol. The summed E-state index contributed by atoms with van der Waals surface area (Å²) in [6.45, 7) is 5.13. The quantitative estimate of drug-likeness (QED) is 0.757. The summed E-state index contributed by atoms with van der Waals surface area (Å²) in [5.41, 5.74) is 4.46. The minimum atomic E-state index is -0.715. The van der Waals surface area contributed by atoms with E-state index in [0.29, 0.717) is 36.3 Å². The molecule has 2 heterocycles. The second-order valence-corrected chi connectivity index (χ2v) is 7.17. The van der Waals surface area contributed by atoms with Crippen LogP contribution in [-0.4, -0.2) is 31.6 Å². The van der Waals surface area contributed by atoms with E-state index in [4.69, 9.17) is 18.6 Å². The Bertz CT molecular complexity index is 963. The number of carbonyl (C=O) groups is 2. The molecule has 6 heteroatoms. The van der Waals surface area contributed by atoms with E-state index in [1.165, 1.54) is 6.26 Å². The third-order valence-corrected chi connectivity index (χ3v) is 5.87. The summed E-state index contributed by atoms with van der Waals surface area (Å²) in [6.07, 6.45) is 2.77. The van der Waals surface area contributed by atoms with Crippen molar-refractivity contribution in [3.63, 3.8) is 0 Å². The molecule has 1 unspecified atom stereocenters. The molecule has 2 aliphatic carbocycles. The molecule has 27 heavy (non-hydrogen) atoms. The average Bonchev–Trinajstić information content (AvgIpc) is 3.39. The Labute approximate surface area is 156 Å². The van der Waals surface area contributed by atoms with E-state index in [1.54, 1.807) is 6.92 Å². The standard InChI is InChI=1S/C21H20O6/c1-3-24-20(23)14-10-25-19-16(14)11(2)12-4-5-15-13(17(12)18(19)22)6-7-21(15)26-8-9-27-21/h4-5,10-11H,3,6-9H2,1-2H3. The van der Waals surface area contributed by atoms with Gasteiger partial charge in [0.25, 0.3) is 0 Å². The zero-order valence-corrected chi connectivity index (χ0v) is 15.3. The van der Waals surface area contributed by atoms with Crippen LogP contribution in [-0.2, 0) is 26.4 Å². The van der Waals surface area contributed by atoms with Crippen molar-refractivity contribution in [1.82, 2.24) is 0 Å². The second kappa shape index (κ2) is 5.78. The lowest BCUT2D eigenvalue weighted by Gasteiger charge is -2.27. The number of ether oxygens (including phenoxy) is 3. The summed E-state index contributed by atoms with van der Waals surface area (Å²) < 4.78 is 22.5. The van der Waals surface area contributed by atoms with Gasteiger partial charge in [-0.15, -0.1) is 0 Å². The normalized spacial score (nSPS) is 21.9. The molecule has 0 bridgehead atoms. The van der Waals surface area contributed by atoms with Crippen molar-refractivity contribution in [2.45, 2.75) is 38.4 Å². The van der Waals surface area contributed by atoms with Gasteiger partial charge in [-0.3, -0.25) is 4.79 Å². The number of carbonyl (C=O) groups excluding carboxylic acids is 2. The van der Waals surface area contributed by atoms with E-state index in [2.05, 4.69) is 0 Å². The third-order valence-electron chi connectivity index (χ3n) is 5.87.